The third kappa shape index (κ3) is 8.21. The lowest BCUT2D eigenvalue weighted by molar-refractivity contribution is -0.142. The van der Waals surface area contributed by atoms with E-state index in [-0.39, 0.29) is 25.9 Å². The van der Waals surface area contributed by atoms with Crippen molar-refractivity contribution in [3.05, 3.63) is 0 Å². The molecule has 0 saturated heterocycles. The second-order valence-corrected chi connectivity index (χ2v) is 3.41. The second kappa shape index (κ2) is 8.51. The number of nitrogens with one attached hydrogen (secondary N) is 1. The first-order chi connectivity index (χ1) is 7.97. The molecular formula is C10H18N2O5. The Morgan fingerprint density at radius 1 is 1.35 bits per heavy atom. The summed E-state index contributed by atoms with van der Waals surface area (Å²) >= 11 is 0. The molecule has 7 heteroatoms. The highest BCUT2D eigenvalue weighted by Gasteiger charge is 2.20. The molecule has 0 heterocycles. The molecule has 0 fully saturated rings. The number of rotatable bonds is 9. The van der Waals surface area contributed by atoms with Gasteiger partial charge in [-0.2, -0.15) is 0 Å². The molecule has 0 bridgehead atoms. The third-order valence-corrected chi connectivity index (χ3v) is 1.99. The maximum atomic E-state index is 11.3. The number of carbonyl (C=O) groups is 3. The van der Waals surface area contributed by atoms with Crippen molar-refractivity contribution < 1.29 is 24.2 Å². The topological polar surface area (TPSA) is 119 Å². The van der Waals surface area contributed by atoms with E-state index in [9.17, 15) is 14.4 Å². The lowest BCUT2D eigenvalue weighted by atomic mass is 10.1. The molecule has 0 radical (unpaired) electrons. The fourth-order valence-corrected chi connectivity index (χ4v) is 1.12. The Kier molecular flexibility index (Phi) is 7.70. The summed E-state index contributed by atoms with van der Waals surface area (Å²) in [4.78, 5) is 32.6. The van der Waals surface area contributed by atoms with Gasteiger partial charge in [-0.25, -0.2) is 4.79 Å². The minimum absolute atomic E-state index is 0.00889. The fourth-order valence-electron chi connectivity index (χ4n) is 1.12. The summed E-state index contributed by atoms with van der Waals surface area (Å²) in [6.07, 6.45) is 0.00192. The molecule has 0 spiro atoms. The quantitative estimate of drug-likeness (QED) is 0.462. The van der Waals surface area contributed by atoms with Gasteiger partial charge in [0.25, 0.3) is 0 Å². The first-order valence-electron chi connectivity index (χ1n) is 5.35. The molecule has 7 nitrogen and oxygen atoms in total. The van der Waals surface area contributed by atoms with Gasteiger partial charge in [0, 0.05) is 19.4 Å². The van der Waals surface area contributed by atoms with Gasteiger partial charge < -0.3 is 20.9 Å². The summed E-state index contributed by atoms with van der Waals surface area (Å²) in [6.45, 7) is 2.53. The highest BCUT2D eigenvalue weighted by molar-refractivity contribution is 5.84. The lowest BCUT2D eigenvalue weighted by Gasteiger charge is -2.13. The minimum atomic E-state index is -1.18. The van der Waals surface area contributed by atoms with Crippen LogP contribution in [0, 0.1) is 0 Å². The van der Waals surface area contributed by atoms with Crippen molar-refractivity contribution in [3.63, 3.8) is 0 Å². The molecule has 4 N–H and O–H groups in total. The zero-order valence-corrected chi connectivity index (χ0v) is 9.77. The number of carboxylic acid groups (broad SMARTS) is 1. The van der Waals surface area contributed by atoms with Crippen LogP contribution < -0.4 is 11.1 Å². The van der Waals surface area contributed by atoms with Crippen LogP contribution in [0.25, 0.3) is 0 Å². The van der Waals surface area contributed by atoms with E-state index in [1.165, 1.54) is 0 Å². The van der Waals surface area contributed by atoms with Gasteiger partial charge in [-0.15, -0.1) is 0 Å². The van der Waals surface area contributed by atoms with Crippen LogP contribution in [0.3, 0.4) is 0 Å². The van der Waals surface area contributed by atoms with E-state index in [0.29, 0.717) is 6.61 Å². The molecule has 0 aliphatic carbocycles. The Hall–Kier alpha value is -1.63. The van der Waals surface area contributed by atoms with Crippen LogP contribution in [0.2, 0.25) is 0 Å². The molecule has 1 atom stereocenters. The summed E-state index contributed by atoms with van der Waals surface area (Å²) in [5.41, 5.74) is 4.91. The van der Waals surface area contributed by atoms with Crippen molar-refractivity contribution in [1.29, 1.82) is 0 Å². The van der Waals surface area contributed by atoms with Crippen molar-refractivity contribution in [2.45, 2.75) is 32.2 Å². The van der Waals surface area contributed by atoms with Crippen molar-refractivity contribution in [1.82, 2.24) is 5.32 Å². The number of carbonyl (C=O) groups excluding carboxylic acids is 2. The normalized spacial score (nSPS) is 11.8. The Labute approximate surface area is 99.3 Å². The van der Waals surface area contributed by atoms with Crippen LogP contribution in [0.15, 0.2) is 0 Å². The van der Waals surface area contributed by atoms with E-state index >= 15 is 0 Å². The molecule has 0 aromatic rings. The molecule has 0 aromatic carbocycles. The van der Waals surface area contributed by atoms with Crippen LogP contribution in [-0.2, 0) is 19.1 Å². The van der Waals surface area contributed by atoms with Gasteiger partial charge in [-0.1, -0.05) is 0 Å². The van der Waals surface area contributed by atoms with Crippen LogP contribution >= 0.6 is 0 Å². The van der Waals surface area contributed by atoms with Crippen LogP contribution in [0.1, 0.15) is 26.2 Å². The summed E-state index contributed by atoms with van der Waals surface area (Å²) in [6, 6.07) is -1.09. The largest absolute Gasteiger partial charge is 0.480 e. The maximum absolute atomic E-state index is 11.3. The molecule has 0 rings (SSSR count). The van der Waals surface area contributed by atoms with E-state index in [2.05, 4.69) is 5.32 Å². The number of primary amides is 1. The molecule has 0 aliphatic heterocycles. The highest BCUT2D eigenvalue weighted by atomic mass is 16.5. The first kappa shape index (κ1) is 15.4. The van der Waals surface area contributed by atoms with Gasteiger partial charge in [0.2, 0.25) is 11.8 Å². The first-order valence-corrected chi connectivity index (χ1v) is 5.35. The summed E-state index contributed by atoms with van der Waals surface area (Å²) < 4.78 is 4.96. The number of nitrogens with two attached hydrogens (primary N) is 1. The number of amides is 2. The van der Waals surface area contributed by atoms with E-state index in [1.54, 1.807) is 6.92 Å². The van der Waals surface area contributed by atoms with Gasteiger partial charge in [0.05, 0.1) is 6.61 Å². The van der Waals surface area contributed by atoms with Crippen LogP contribution in [0.4, 0.5) is 0 Å². The van der Waals surface area contributed by atoms with E-state index < -0.39 is 23.8 Å². The smallest absolute Gasteiger partial charge is 0.326 e. The molecule has 0 unspecified atom stereocenters. The average Bonchev–Trinajstić information content (AvgIpc) is 2.23. The Balaban J connectivity index is 4.02. The SMILES string of the molecule is CCOCCC(=O)N[C@H](CCC(N)=O)C(=O)O. The number of hydrogen-bond acceptors (Lipinski definition) is 4. The number of carboxylic acids is 1. The van der Waals surface area contributed by atoms with Gasteiger partial charge in [-0.3, -0.25) is 9.59 Å². The zero-order chi connectivity index (χ0) is 13.3. The number of ether oxygens (including phenoxy) is 1. The lowest BCUT2D eigenvalue weighted by Crippen LogP contribution is -2.41. The van der Waals surface area contributed by atoms with E-state index in [0.717, 1.165) is 0 Å². The van der Waals surface area contributed by atoms with E-state index in [4.69, 9.17) is 15.6 Å². The standard InChI is InChI=1S/C10H18N2O5/c1-2-17-6-5-9(14)12-7(10(15)16)3-4-8(11)13/h7H,2-6H2,1H3,(H2,11,13)(H,12,14)(H,15,16)/t7-/m1/s1. The van der Waals surface area contributed by atoms with Crippen LogP contribution in [0.5, 0.6) is 0 Å². The second-order valence-electron chi connectivity index (χ2n) is 3.41. The zero-order valence-electron chi connectivity index (χ0n) is 9.77. The molecule has 17 heavy (non-hydrogen) atoms. The summed E-state index contributed by atoms with van der Waals surface area (Å²) in [7, 11) is 0. The van der Waals surface area contributed by atoms with Crippen molar-refractivity contribution in [3.8, 4) is 0 Å². The monoisotopic (exact) mass is 246 g/mol. The summed E-state index contributed by atoms with van der Waals surface area (Å²) in [5.74, 6) is -2.20. The predicted octanol–water partition coefficient (Wildman–Crippen LogP) is -0.752. The fraction of sp³-hybridized carbons (Fsp3) is 0.700. The average molecular weight is 246 g/mol. The maximum Gasteiger partial charge on any atom is 0.326 e. The number of hydrogen-bond donors (Lipinski definition) is 3. The molecule has 0 saturated carbocycles. The van der Waals surface area contributed by atoms with Gasteiger partial charge in [0.15, 0.2) is 0 Å². The summed E-state index contributed by atoms with van der Waals surface area (Å²) in [5, 5.41) is 11.1. The molecule has 98 valence electrons. The Morgan fingerprint density at radius 2 is 2.00 bits per heavy atom. The minimum Gasteiger partial charge on any atom is -0.480 e. The van der Waals surface area contributed by atoms with Crippen molar-refractivity contribution in [2.75, 3.05) is 13.2 Å². The Bertz CT molecular complexity index is 280. The van der Waals surface area contributed by atoms with Crippen LogP contribution in [-0.4, -0.2) is 42.1 Å². The molecule has 0 aromatic heterocycles. The highest BCUT2D eigenvalue weighted by Crippen LogP contribution is 1.98. The molecular weight excluding hydrogens is 228 g/mol. The molecule has 2 amide bonds. The van der Waals surface area contributed by atoms with Crippen molar-refractivity contribution >= 4 is 17.8 Å². The van der Waals surface area contributed by atoms with Crippen molar-refractivity contribution in [2.24, 2.45) is 5.73 Å². The van der Waals surface area contributed by atoms with Gasteiger partial charge in [-0.05, 0) is 13.3 Å². The molecule has 0 aliphatic rings. The predicted molar refractivity (Wildman–Crippen MR) is 59.1 cm³/mol. The number of aliphatic carboxylic acids is 1. The van der Waals surface area contributed by atoms with Gasteiger partial charge in [0.1, 0.15) is 6.04 Å². The Morgan fingerprint density at radius 3 is 2.47 bits per heavy atom. The van der Waals surface area contributed by atoms with Gasteiger partial charge >= 0.3 is 5.97 Å². The third-order valence-electron chi connectivity index (χ3n) is 1.99. The van der Waals surface area contributed by atoms with E-state index in [1.807, 2.05) is 0 Å².